The van der Waals surface area contributed by atoms with Crippen molar-refractivity contribution in [1.29, 1.82) is 0 Å². The van der Waals surface area contributed by atoms with E-state index < -0.39 is 5.38 Å². The van der Waals surface area contributed by atoms with E-state index in [-0.39, 0.29) is 5.78 Å². The maximum absolute atomic E-state index is 11.3. The highest BCUT2D eigenvalue weighted by molar-refractivity contribution is 6.31. The van der Waals surface area contributed by atoms with Crippen LogP contribution in [0.4, 0.5) is 0 Å². The monoisotopic (exact) mass is 218 g/mol. The predicted molar refractivity (Wildman–Crippen MR) is 63.2 cm³/mol. The van der Waals surface area contributed by atoms with Crippen molar-refractivity contribution >= 4 is 28.2 Å². The van der Waals surface area contributed by atoms with Gasteiger partial charge in [0.05, 0.1) is 0 Å². The molecule has 2 heteroatoms. The first-order valence-corrected chi connectivity index (χ1v) is 5.26. The Morgan fingerprint density at radius 2 is 1.80 bits per heavy atom. The third kappa shape index (κ3) is 1.88. The highest BCUT2D eigenvalue weighted by Crippen LogP contribution is 2.28. The third-order valence-corrected chi connectivity index (χ3v) is 3.00. The normalized spacial score (nSPS) is 12.7. The summed E-state index contributed by atoms with van der Waals surface area (Å²) in [4.78, 5) is 11.3. The molecule has 0 aromatic heterocycles. The zero-order chi connectivity index (χ0) is 10.8. The van der Waals surface area contributed by atoms with Crippen molar-refractivity contribution in [2.24, 2.45) is 0 Å². The second kappa shape index (κ2) is 4.03. The lowest BCUT2D eigenvalue weighted by atomic mass is 10.0. The molecule has 0 aliphatic heterocycles. The molecule has 1 unspecified atom stereocenters. The van der Waals surface area contributed by atoms with Gasteiger partial charge in [-0.05, 0) is 23.3 Å². The number of ketones is 1. The van der Waals surface area contributed by atoms with E-state index in [2.05, 4.69) is 0 Å². The zero-order valence-electron chi connectivity index (χ0n) is 8.41. The maximum Gasteiger partial charge on any atom is 0.152 e. The Hall–Kier alpha value is -1.34. The standard InChI is InChI=1S/C13H11ClO/c1-9(15)13(14)12-8-4-6-10-5-2-3-7-11(10)12/h2-8,13H,1H3. The highest BCUT2D eigenvalue weighted by atomic mass is 35.5. The maximum atomic E-state index is 11.3. The lowest BCUT2D eigenvalue weighted by Gasteiger charge is -2.09. The minimum absolute atomic E-state index is 0.0204. The van der Waals surface area contributed by atoms with Crippen LogP contribution in [0.5, 0.6) is 0 Å². The first kappa shape index (κ1) is 10.2. The lowest BCUT2D eigenvalue weighted by molar-refractivity contribution is -0.116. The molecule has 0 N–H and O–H groups in total. The van der Waals surface area contributed by atoms with Gasteiger partial charge in [0, 0.05) is 0 Å². The SMILES string of the molecule is CC(=O)C(Cl)c1cccc2ccccc12. The Morgan fingerprint density at radius 3 is 2.53 bits per heavy atom. The van der Waals surface area contributed by atoms with Gasteiger partial charge in [0.2, 0.25) is 0 Å². The molecule has 2 aromatic rings. The summed E-state index contributed by atoms with van der Waals surface area (Å²) in [6.07, 6.45) is 0. The number of hydrogen-bond acceptors (Lipinski definition) is 1. The minimum Gasteiger partial charge on any atom is -0.298 e. The van der Waals surface area contributed by atoms with E-state index in [9.17, 15) is 4.79 Å². The van der Waals surface area contributed by atoms with Gasteiger partial charge in [-0.15, -0.1) is 11.6 Å². The van der Waals surface area contributed by atoms with E-state index in [0.717, 1.165) is 16.3 Å². The molecule has 0 bridgehead atoms. The van der Waals surface area contributed by atoms with Crippen molar-refractivity contribution in [3.8, 4) is 0 Å². The van der Waals surface area contributed by atoms with Crippen molar-refractivity contribution in [3.63, 3.8) is 0 Å². The summed E-state index contributed by atoms with van der Waals surface area (Å²) < 4.78 is 0. The molecular formula is C13H11ClO. The molecule has 0 amide bonds. The third-order valence-electron chi connectivity index (χ3n) is 2.45. The van der Waals surface area contributed by atoms with Crippen LogP contribution in [-0.2, 0) is 4.79 Å². The van der Waals surface area contributed by atoms with E-state index in [4.69, 9.17) is 11.6 Å². The first-order valence-electron chi connectivity index (χ1n) is 4.82. The molecule has 2 rings (SSSR count). The van der Waals surface area contributed by atoms with E-state index in [1.165, 1.54) is 6.92 Å². The predicted octanol–water partition coefficient (Wildman–Crippen LogP) is 3.71. The summed E-state index contributed by atoms with van der Waals surface area (Å²) in [6, 6.07) is 13.8. The molecule has 0 heterocycles. The van der Waals surface area contributed by atoms with Gasteiger partial charge in [0.1, 0.15) is 5.38 Å². The van der Waals surface area contributed by atoms with Crippen molar-refractivity contribution in [1.82, 2.24) is 0 Å². The van der Waals surface area contributed by atoms with Crippen LogP contribution < -0.4 is 0 Å². The van der Waals surface area contributed by atoms with Crippen LogP contribution in [0.25, 0.3) is 10.8 Å². The molecule has 0 aliphatic carbocycles. The fraction of sp³-hybridized carbons (Fsp3) is 0.154. The van der Waals surface area contributed by atoms with Gasteiger partial charge in [-0.3, -0.25) is 4.79 Å². The molecule has 0 saturated heterocycles. The Morgan fingerprint density at radius 1 is 1.13 bits per heavy atom. The van der Waals surface area contributed by atoms with Gasteiger partial charge in [-0.25, -0.2) is 0 Å². The van der Waals surface area contributed by atoms with Gasteiger partial charge >= 0.3 is 0 Å². The smallest absolute Gasteiger partial charge is 0.152 e. The number of Topliss-reactive ketones (excluding diaryl/α,β-unsaturated/α-hetero) is 1. The van der Waals surface area contributed by atoms with Crippen LogP contribution in [-0.4, -0.2) is 5.78 Å². The number of rotatable bonds is 2. The van der Waals surface area contributed by atoms with Gasteiger partial charge in [0.15, 0.2) is 5.78 Å². The number of fused-ring (bicyclic) bond motifs is 1. The van der Waals surface area contributed by atoms with E-state index in [1.807, 2.05) is 42.5 Å². The second-order valence-corrected chi connectivity index (χ2v) is 3.98. The number of carbonyl (C=O) groups excluding carboxylic acids is 1. The van der Waals surface area contributed by atoms with Crippen LogP contribution in [0, 0.1) is 0 Å². The summed E-state index contributed by atoms with van der Waals surface area (Å²) >= 11 is 6.07. The number of benzene rings is 2. The van der Waals surface area contributed by atoms with Crippen molar-refractivity contribution in [3.05, 3.63) is 48.0 Å². The number of halogens is 1. The Labute approximate surface area is 93.7 Å². The van der Waals surface area contributed by atoms with Gasteiger partial charge in [-0.1, -0.05) is 42.5 Å². The van der Waals surface area contributed by atoms with E-state index in [1.54, 1.807) is 0 Å². The van der Waals surface area contributed by atoms with Crippen LogP contribution in [0.15, 0.2) is 42.5 Å². The first-order chi connectivity index (χ1) is 7.20. The molecule has 0 spiro atoms. The van der Waals surface area contributed by atoms with Crippen molar-refractivity contribution < 1.29 is 4.79 Å². The van der Waals surface area contributed by atoms with E-state index >= 15 is 0 Å². The number of hydrogen-bond donors (Lipinski definition) is 0. The summed E-state index contributed by atoms with van der Waals surface area (Å²) in [5, 5.41) is 1.62. The summed E-state index contributed by atoms with van der Waals surface area (Å²) in [7, 11) is 0. The molecule has 15 heavy (non-hydrogen) atoms. The Bertz CT molecular complexity index is 499. The molecule has 0 fully saturated rings. The molecule has 0 radical (unpaired) electrons. The second-order valence-electron chi connectivity index (χ2n) is 3.54. The molecule has 1 atom stereocenters. The largest absolute Gasteiger partial charge is 0.298 e. The van der Waals surface area contributed by atoms with Gasteiger partial charge in [-0.2, -0.15) is 0 Å². The quantitative estimate of drug-likeness (QED) is 0.703. The summed E-state index contributed by atoms with van der Waals surface area (Å²) in [5.74, 6) is -0.0204. The summed E-state index contributed by atoms with van der Waals surface area (Å²) in [6.45, 7) is 1.51. The molecule has 0 saturated carbocycles. The van der Waals surface area contributed by atoms with Crippen molar-refractivity contribution in [2.45, 2.75) is 12.3 Å². The van der Waals surface area contributed by atoms with Gasteiger partial charge in [0.25, 0.3) is 0 Å². The van der Waals surface area contributed by atoms with Crippen molar-refractivity contribution in [2.75, 3.05) is 0 Å². The molecule has 1 nitrogen and oxygen atoms in total. The fourth-order valence-electron chi connectivity index (χ4n) is 1.69. The average Bonchev–Trinajstić information content (AvgIpc) is 2.27. The Kier molecular flexibility index (Phi) is 2.74. The Balaban J connectivity index is 2.65. The lowest BCUT2D eigenvalue weighted by Crippen LogP contribution is -2.01. The van der Waals surface area contributed by atoms with Crippen LogP contribution >= 0.6 is 11.6 Å². The van der Waals surface area contributed by atoms with E-state index in [0.29, 0.717) is 0 Å². The summed E-state index contributed by atoms with van der Waals surface area (Å²) in [5.41, 5.74) is 0.891. The highest BCUT2D eigenvalue weighted by Gasteiger charge is 2.15. The van der Waals surface area contributed by atoms with Crippen LogP contribution in [0.3, 0.4) is 0 Å². The molecule has 2 aromatic carbocycles. The number of alkyl halides is 1. The van der Waals surface area contributed by atoms with Crippen LogP contribution in [0.2, 0.25) is 0 Å². The van der Waals surface area contributed by atoms with Crippen LogP contribution in [0.1, 0.15) is 17.9 Å². The minimum atomic E-state index is -0.545. The van der Waals surface area contributed by atoms with Gasteiger partial charge < -0.3 is 0 Å². The molecule has 0 aliphatic rings. The molecule has 76 valence electrons. The topological polar surface area (TPSA) is 17.1 Å². The fourth-order valence-corrected chi connectivity index (χ4v) is 1.88. The zero-order valence-corrected chi connectivity index (χ0v) is 9.16. The average molecular weight is 219 g/mol. The molecular weight excluding hydrogens is 208 g/mol. The number of carbonyl (C=O) groups is 1.